The van der Waals surface area contributed by atoms with Crippen LogP contribution < -0.4 is 0 Å². The zero-order valence-electron chi connectivity index (χ0n) is 25.7. The van der Waals surface area contributed by atoms with Crippen LogP contribution in [0.5, 0.6) is 0 Å². The first-order valence-corrected chi connectivity index (χ1v) is 15.5. The van der Waals surface area contributed by atoms with Crippen molar-refractivity contribution in [2.75, 3.05) is 0 Å². The number of hydrogen-bond donors (Lipinski definition) is 0. The molecule has 0 aliphatic heterocycles. The van der Waals surface area contributed by atoms with Crippen LogP contribution in [-0.4, -0.2) is 0 Å². The van der Waals surface area contributed by atoms with E-state index in [1.54, 1.807) is 0 Å². The molecular formula is C44H34. The lowest BCUT2D eigenvalue weighted by molar-refractivity contribution is 1.46. The maximum Gasteiger partial charge on any atom is -0.00139 e. The third-order valence-corrected chi connectivity index (χ3v) is 9.22. The van der Waals surface area contributed by atoms with Gasteiger partial charge in [-0.1, -0.05) is 144 Å². The van der Waals surface area contributed by atoms with Gasteiger partial charge in [-0.25, -0.2) is 0 Å². The van der Waals surface area contributed by atoms with E-state index >= 15 is 0 Å². The van der Waals surface area contributed by atoms with Crippen molar-refractivity contribution in [3.8, 4) is 44.5 Å². The molecule has 8 aromatic rings. The highest BCUT2D eigenvalue weighted by molar-refractivity contribution is 6.31. The molecule has 8 rings (SSSR count). The lowest BCUT2D eigenvalue weighted by Crippen LogP contribution is -1.95. The van der Waals surface area contributed by atoms with Crippen molar-refractivity contribution in [1.82, 2.24) is 0 Å². The summed E-state index contributed by atoms with van der Waals surface area (Å²) in [6.45, 7) is 8.73. The van der Waals surface area contributed by atoms with Crippen molar-refractivity contribution < 1.29 is 0 Å². The molecule has 0 unspecified atom stereocenters. The highest BCUT2D eigenvalue weighted by atomic mass is 14.2. The molecule has 44 heavy (non-hydrogen) atoms. The van der Waals surface area contributed by atoms with Gasteiger partial charge in [-0.2, -0.15) is 0 Å². The normalized spacial score (nSPS) is 11.6. The third-order valence-electron chi connectivity index (χ3n) is 9.22. The highest BCUT2D eigenvalue weighted by Gasteiger charge is 2.21. The van der Waals surface area contributed by atoms with Gasteiger partial charge in [0.1, 0.15) is 0 Å². The van der Waals surface area contributed by atoms with E-state index in [0.29, 0.717) is 0 Å². The largest absolute Gasteiger partial charge is 0.0614 e. The fourth-order valence-corrected chi connectivity index (χ4v) is 7.20. The van der Waals surface area contributed by atoms with Crippen LogP contribution in [0.1, 0.15) is 22.3 Å². The summed E-state index contributed by atoms with van der Waals surface area (Å²) in [4.78, 5) is 0. The van der Waals surface area contributed by atoms with E-state index in [0.717, 1.165) is 0 Å². The van der Waals surface area contributed by atoms with E-state index in [1.165, 1.54) is 99.1 Å². The topological polar surface area (TPSA) is 0 Å². The highest BCUT2D eigenvalue weighted by Crippen LogP contribution is 2.48. The fraction of sp³-hybridized carbons (Fsp3) is 0.0909. The smallest absolute Gasteiger partial charge is 0.00139 e. The molecule has 0 N–H and O–H groups in total. The molecule has 0 aliphatic carbocycles. The molecule has 0 atom stereocenters. The van der Waals surface area contributed by atoms with Gasteiger partial charge in [-0.15, -0.1) is 0 Å². The molecule has 0 amide bonds. The second kappa shape index (κ2) is 10.2. The van der Waals surface area contributed by atoms with E-state index in [4.69, 9.17) is 0 Å². The predicted octanol–water partition coefficient (Wildman–Crippen LogP) is 12.5. The van der Waals surface area contributed by atoms with Gasteiger partial charge in [0.25, 0.3) is 0 Å². The van der Waals surface area contributed by atoms with E-state index < -0.39 is 0 Å². The van der Waals surface area contributed by atoms with Gasteiger partial charge in [-0.05, 0) is 117 Å². The summed E-state index contributed by atoms with van der Waals surface area (Å²) in [6, 6.07) is 50.1. The predicted molar refractivity (Wildman–Crippen MR) is 191 cm³/mol. The summed E-state index contributed by atoms with van der Waals surface area (Å²) in [6.07, 6.45) is 0. The molecule has 0 fully saturated rings. The average molecular weight is 563 g/mol. The van der Waals surface area contributed by atoms with Crippen LogP contribution >= 0.6 is 0 Å². The molecule has 0 heterocycles. The van der Waals surface area contributed by atoms with Gasteiger partial charge in [0.15, 0.2) is 0 Å². The minimum atomic E-state index is 1.26. The van der Waals surface area contributed by atoms with Crippen LogP contribution in [0, 0.1) is 27.7 Å². The zero-order valence-corrected chi connectivity index (χ0v) is 25.7. The molecule has 0 heteroatoms. The molecule has 0 bridgehead atoms. The summed E-state index contributed by atoms with van der Waals surface area (Å²) in [7, 11) is 0. The molecule has 0 aromatic heterocycles. The van der Waals surface area contributed by atoms with Crippen LogP contribution in [-0.2, 0) is 0 Å². The van der Waals surface area contributed by atoms with Gasteiger partial charge in [0.05, 0.1) is 0 Å². The molecule has 210 valence electrons. The maximum absolute atomic E-state index is 2.42. The van der Waals surface area contributed by atoms with Crippen molar-refractivity contribution in [2.45, 2.75) is 27.7 Å². The van der Waals surface area contributed by atoms with Gasteiger partial charge < -0.3 is 0 Å². The second-order valence-electron chi connectivity index (χ2n) is 12.5. The van der Waals surface area contributed by atoms with Crippen LogP contribution in [0.3, 0.4) is 0 Å². The van der Waals surface area contributed by atoms with Crippen molar-refractivity contribution in [3.05, 3.63) is 156 Å². The molecule has 0 saturated carbocycles. The third kappa shape index (κ3) is 4.29. The Morgan fingerprint density at radius 2 is 0.523 bits per heavy atom. The lowest BCUT2D eigenvalue weighted by atomic mass is 9.81. The lowest BCUT2D eigenvalue weighted by Gasteiger charge is -2.22. The van der Waals surface area contributed by atoms with Crippen LogP contribution in [0.4, 0.5) is 0 Å². The van der Waals surface area contributed by atoms with Crippen molar-refractivity contribution >= 4 is 32.3 Å². The van der Waals surface area contributed by atoms with E-state index in [1.807, 2.05) is 0 Å². The minimum Gasteiger partial charge on any atom is -0.0614 e. The van der Waals surface area contributed by atoms with Crippen molar-refractivity contribution in [3.63, 3.8) is 0 Å². The molecule has 0 saturated heterocycles. The van der Waals surface area contributed by atoms with Crippen molar-refractivity contribution in [2.24, 2.45) is 0 Å². The van der Waals surface area contributed by atoms with Gasteiger partial charge in [0.2, 0.25) is 0 Å². The molecule has 8 aromatic carbocycles. The number of aryl methyl sites for hydroxylation is 4. The summed E-state index contributed by atoms with van der Waals surface area (Å²) in [5, 5.41) is 7.90. The number of benzene rings is 8. The Labute approximate surface area is 259 Å². The Hall–Kier alpha value is -5.20. The molecule has 0 aliphatic rings. The minimum absolute atomic E-state index is 1.26. The van der Waals surface area contributed by atoms with Crippen molar-refractivity contribution in [1.29, 1.82) is 0 Å². The summed E-state index contributed by atoms with van der Waals surface area (Å²) in [5.41, 5.74) is 15.3. The Bertz CT molecular complexity index is 2040. The van der Waals surface area contributed by atoms with E-state index in [-0.39, 0.29) is 0 Å². The van der Waals surface area contributed by atoms with Gasteiger partial charge >= 0.3 is 0 Å². The Kier molecular flexibility index (Phi) is 6.13. The summed E-state index contributed by atoms with van der Waals surface area (Å²) in [5.74, 6) is 0. The quantitative estimate of drug-likeness (QED) is 0.187. The molecule has 0 nitrogen and oxygen atoms in total. The van der Waals surface area contributed by atoms with E-state index in [2.05, 4.69) is 161 Å². The van der Waals surface area contributed by atoms with Gasteiger partial charge in [0, 0.05) is 0 Å². The Morgan fingerprint density at radius 3 is 0.750 bits per heavy atom. The first kappa shape index (κ1) is 26.4. The van der Waals surface area contributed by atoms with E-state index in [9.17, 15) is 0 Å². The SMILES string of the molecule is Cc1cccc(-c2cc(-c3cccc(C)c3)c3ccc4c(-c5cccc(C)c5)cc(-c5cccc(C)c5)c5ccc2c3c54)c1. The van der Waals surface area contributed by atoms with Crippen LogP contribution in [0.25, 0.3) is 76.8 Å². The van der Waals surface area contributed by atoms with Crippen LogP contribution in [0.2, 0.25) is 0 Å². The molecular weight excluding hydrogens is 528 g/mol. The summed E-state index contributed by atoms with van der Waals surface area (Å²) < 4.78 is 0. The van der Waals surface area contributed by atoms with Crippen LogP contribution in [0.15, 0.2) is 133 Å². The Balaban J connectivity index is 1.59. The standard InChI is InChI=1S/C44H34/c1-27-9-5-13-31(21-27)39-25-40(32-14-6-10-28(2)22-32)36-19-20-38-42(34-16-8-12-30(4)24-34)26-41(33-15-7-11-29(3)23-33)37-18-17-35(39)43(36)44(37)38/h5-26H,1-4H3. The summed E-state index contributed by atoms with van der Waals surface area (Å²) >= 11 is 0. The maximum atomic E-state index is 2.42. The first-order chi connectivity index (χ1) is 21.4. The zero-order chi connectivity index (χ0) is 29.9. The fourth-order valence-electron chi connectivity index (χ4n) is 7.20. The second-order valence-corrected chi connectivity index (χ2v) is 12.5. The molecule has 0 radical (unpaired) electrons. The number of hydrogen-bond acceptors (Lipinski definition) is 0. The molecule has 0 spiro atoms. The monoisotopic (exact) mass is 562 g/mol. The first-order valence-electron chi connectivity index (χ1n) is 15.5. The number of rotatable bonds is 4. The average Bonchev–Trinajstić information content (AvgIpc) is 3.03. The van der Waals surface area contributed by atoms with Gasteiger partial charge in [-0.3, -0.25) is 0 Å². The Morgan fingerprint density at radius 1 is 0.273 bits per heavy atom.